The molecule has 2 unspecified atom stereocenters. The van der Waals surface area contributed by atoms with Crippen molar-refractivity contribution in [1.82, 2.24) is 9.80 Å². The lowest BCUT2D eigenvalue weighted by Gasteiger charge is -2.35. The van der Waals surface area contributed by atoms with Crippen LogP contribution in [0.15, 0.2) is 18.2 Å². The maximum atomic E-state index is 12.8. The molecule has 0 aromatic heterocycles. The second-order valence-corrected chi connectivity index (χ2v) is 6.23. The fourth-order valence-corrected chi connectivity index (χ4v) is 3.14. The number of rotatable bonds is 4. The zero-order chi connectivity index (χ0) is 18.3. The zero-order valence-corrected chi connectivity index (χ0v) is 14.0. The van der Waals surface area contributed by atoms with Crippen LogP contribution >= 0.6 is 0 Å². The molecule has 132 valence electrons. The van der Waals surface area contributed by atoms with Crippen LogP contribution in [-0.2, 0) is 14.3 Å². The number of hydrogen-bond donors (Lipinski definition) is 1. The Kier molecular flexibility index (Phi) is 4.30. The van der Waals surface area contributed by atoms with E-state index in [9.17, 15) is 19.2 Å². The standard InChI is InChI=1S/C17H19N3O5/c1-9(25-2)8-19-14(21)6-5-13(17(19)24)20-15(22)11-4-3-10(18)7-12(11)16(20)23/h3-4,7,9,13H,5-6,8,18H2,1-2H3. The highest BCUT2D eigenvalue weighted by Crippen LogP contribution is 2.30. The van der Waals surface area contributed by atoms with E-state index >= 15 is 0 Å². The molecule has 4 amide bonds. The van der Waals surface area contributed by atoms with Crippen LogP contribution in [0.2, 0.25) is 0 Å². The van der Waals surface area contributed by atoms with Crippen LogP contribution in [0.3, 0.4) is 0 Å². The van der Waals surface area contributed by atoms with E-state index in [1.807, 2.05) is 0 Å². The fraction of sp³-hybridized carbons (Fsp3) is 0.412. The van der Waals surface area contributed by atoms with E-state index in [-0.39, 0.29) is 42.5 Å². The second kappa shape index (κ2) is 6.29. The summed E-state index contributed by atoms with van der Waals surface area (Å²) < 4.78 is 5.11. The molecular formula is C17H19N3O5. The number of benzene rings is 1. The van der Waals surface area contributed by atoms with Crippen LogP contribution in [0.5, 0.6) is 0 Å². The maximum absolute atomic E-state index is 12.8. The number of hydrogen-bond acceptors (Lipinski definition) is 6. The number of amides is 4. The Bertz CT molecular complexity index is 776. The predicted molar refractivity (Wildman–Crippen MR) is 87.6 cm³/mol. The lowest BCUT2D eigenvalue weighted by atomic mass is 10.0. The molecule has 0 aliphatic carbocycles. The molecule has 2 aliphatic heterocycles. The lowest BCUT2D eigenvalue weighted by molar-refractivity contribution is -0.153. The Morgan fingerprint density at radius 1 is 1.20 bits per heavy atom. The number of carbonyl (C=O) groups excluding carboxylic acids is 4. The summed E-state index contributed by atoms with van der Waals surface area (Å²) >= 11 is 0. The molecular weight excluding hydrogens is 326 g/mol. The van der Waals surface area contributed by atoms with Crippen molar-refractivity contribution < 1.29 is 23.9 Å². The Morgan fingerprint density at radius 2 is 1.88 bits per heavy atom. The third-order valence-electron chi connectivity index (χ3n) is 4.58. The van der Waals surface area contributed by atoms with Crippen molar-refractivity contribution in [2.45, 2.75) is 31.9 Å². The first-order valence-corrected chi connectivity index (χ1v) is 7.99. The number of nitrogens with zero attached hydrogens (tertiary/aromatic N) is 2. The first-order valence-electron chi connectivity index (χ1n) is 7.99. The van der Waals surface area contributed by atoms with Gasteiger partial charge in [0.1, 0.15) is 6.04 Å². The summed E-state index contributed by atoms with van der Waals surface area (Å²) in [5.41, 5.74) is 6.46. The summed E-state index contributed by atoms with van der Waals surface area (Å²) in [5, 5.41) is 0. The van der Waals surface area contributed by atoms with Gasteiger partial charge in [-0.15, -0.1) is 0 Å². The van der Waals surface area contributed by atoms with Gasteiger partial charge in [0.25, 0.3) is 17.7 Å². The predicted octanol–water partition coefficient (Wildman–Crippen LogP) is 0.417. The van der Waals surface area contributed by atoms with Gasteiger partial charge in [0.05, 0.1) is 23.8 Å². The van der Waals surface area contributed by atoms with E-state index in [1.54, 1.807) is 6.92 Å². The van der Waals surface area contributed by atoms with E-state index in [1.165, 1.54) is 25.3 Å². The number of nitrogens with two attached hydrogens (primary N) is 1. The van der Waals surface area contributed by atoms with Gasteiger partial charge < -0.3 is 10.5 Å². The molecule has 0 radical (unpaired) electrons. The molecule has 8 nitrogen and oxygen atoms in total. The first kappa shape index (κ1) is 17.1. The van der Waals surface area contributed by atoms with Crippen LogP contribution < -0.4 is 5.73 Å². The Labute approximate surface area is 144 Å². The van der Waals surface area contributed by atoms with Gasteiger partial charge in [-0.3, -0.25) is 29.0 Å². The summed E-state index contributed by atoms with van der Waals surface area (Å²) in [4.78, 5) is 52.1. The number of anilines is 1. The molecule has 2 atom stereocenters. The fourth-order valence-electron chi connectivity index (χ4n) is 3.14. The number of carbonyl (C=O) groups is 4. The number of fused-ring (bicyclic) bond motifs is 1. The van der Waals surface area contributed by atoms with Crippen LogP contribution in [0.25, 0.3) is 0 Å². The highest BCUT2D eigenvalue weighted by molar-refractivity contribution is 6.23. The van der Waals surface area contributed by atoms with Crippen molar-refractivity contribution >= 4 is 29.3 Å². The minimum absolute atomic E-state index is 0.0841. The van der Waals surface area contributed by atoms with E-state index in [0.29, 0.717) is 5.69 Å². The van der Waals surface area contributed by atoms with Crippen LogP contribution in [0, 0.1) is 0 Å². The van der Waals surface area contributed by atoms with Gasteiger partial charge in [-0.05, 0) is 31.5 Å². The van der Waals surface area contributed by atoms with E-state index in [0.717, 1.165) is 9.80 Å². The molecule has 1 aromatic rings. The maximum Gasteiger partial charge on any atom is 0.262 e. The molecule has 1 saturated heterocycles. The van der Waals surface area contributed by atoms with Gasteiger partial charge in [-0.1, -0.05) is 0 Å². The summed E-state index contributed by atoms with van der Waals surface area (Å²) in [6.45, 7) is 1.82. The molecule has 2 N–H and O–H groups in total. The summed E-state index contributed by atoms with van der Waals surface area (Å²) in [5.74, 6) is -1.97. The largest absolute Gasteiger partial charge is 0.399 e. The molecule has 2 heterocycles. The van der Waals surface area contributed by atoms with Gasteiger partial charge in [0.2, 0.25) is 5.91 Å². The van der Waals surface area contributed by atoms with Crippen molar-refractivity contribution in [3.8, 4) is 0 Å². The molecule has 2 aliphatic rings. The third kappa shape index (κ3) is 2.78. The summed E-state index contributed by atoms with van der Waals surface area (Å²) in [6.07, 6.45) is -0.132. The number of likely N-dealkylation sites (tertiary alicyclic amines) is 1. The normalized spacial score (nSPS) is 21.8. The van der Waals surface area contributed by atoms with Crippen molar-refractivity contribution in [2.24, 2.45) is 0 Å². The van der Waals surface area contributed by atoms with E-state index in [4.69, 9.17) is 10.5 Å². The van der Waals surface area contributed by atoms with Crippen molar-refractivity contribution in [2.75, 3.05) is 19.4 Å². The molecule has 1 aromatic carbocycles. The van der Waals surface area contributed by atoms with Gasteiger partial charge in [0, 0.05) is 19.2 Å². The molecule has 1 fully saturated rings. The Balaban J connectivity index is 1.89. The smallest absolute Gasteiger partial charge is 0.262 e. The monoisotopic (exact) mass is 345 g/mol. The summed E-state index contributed by atoms with van der Waals surface area (Å²) in [7, 11) is 1.48. The first-order chi connectivity index (χ1) is 11.8. The van der Waals surface area contributed by atoms with Gasteiger partial charge in [-0.2, -0.15) is 0 Å². The number of nitrogen functional groups attached to an aromatic ring is 1. The number of imide groups is 2. The van der Waals surface area contributed by atoms with E-state index in [2.05, 4.69) is 0 Å². The lowest BCUT2D eigenvalue weighted by Crippen LogP contribution is -2.57. The second-order valence-electron chi connectivity index (χ2n) is 6.23. The van der Waals surface area contributed by atoms with Crippen molar-refractivity contribution in [3.63, 3.8) is 0 Å². The highest BCUT2D eigenvalue weighted by Gasteiger charge is 2.47. The molecule has 3 rings (SSSR count). The quantitative estimate of drug-likeness (QED) is 0.625. The number of piperidine rings is 1. The minimum atomic E-state index is -0.990. The van der Waals surface area contributed by atoms with Gasteiger partial charge >= 0.3 is 0 Å². The molecule has 8 heteroatoms. The number of ether oxygens (including phenoxy) is 1. The van der Waals surface area contributed by atoms with Crippen LogP contribution in [0.4, 0.5) is 5.69 Å². The molecule has 0 spiro atoms. The summed E-state index contributed by atoms with van der Waals surface area (Å²) in [6, 6.07) is 3.45. The molecule has 25 heavy (non-hydrogen) atoms. The average Bonchev–Trinajstić information content (AvgIpc) is 2.82. The minimum Gasteiger partial charge on any atom is -0.399 e. The topological polar surface area (TPSA) is 110 Å². The Hall–Kier alpha value is -2.74. The van der Waals surface area contributed by atoms with Gasteiger partial charge in [0.15, 0.2) is 0 Å². The van der Waals surface area contributed by atoms with Crippen LogP contribution in [-0.4, -0.2) is 59.2 Å². The SMILES string of the molecule is COC(C)CN1C(=O)CCC(N2C(=O)c3ccc(N)cc3C2=O)C1=O. The van der Waals surface area contributed by atoms with Crippen molar-refractivity contribution in [1.29, 1.82) is 0 Å². The van der Waals surface area contributed by atoms with Crippen molar-refractivity contribution in [3.05, 3.63) is 29.3 Å². The van der Waals surface area contributed by atoms with Crippen LogP contribution in [0.1, 0.15) is 40.5 Å². The van der Waals surface area contributed by atoms with E-state index < -0.39 is 23.8 Å². The molecule has 0 bridgehead atoms. The third-order valence-corrected chi connectivity index (χ3v) is 4.58. The molecule has 0 saturated carbocycles. The highest BCUT2D eigenvalue weighted by atomic mass is 16.5. The average molecular weight is 345 g/mol. The number of methoxy groups -OCH3 is 1. The Morgan fingerprint density at radius 3 is 2.56 bits per heavy atom. The van der Waals surface area contributed by atoms with Gasteiger partial charge in [-0.25, -0.2) is 0 Å². The zero-order valence-electron chi connectivity index (χ0n) is 14.0.